The van der Waals surface area contributed by atoms with E-state index in [1.54, 1.807) is 23.9 Å². The van der Waals surface area contributed by atoms with Crippen molar-refractivity contribution in [2.45, 2.75) is 26.2 Å². The fourth-order valence-electron chi connectivity index (χ4n) is 1.48. The number of hydrogen-bond donors (Lipinski definition) is 0. The Balaban J connectivity index is 2.63. The minimum absolute atomic E-state index is 0.445. The van der Waals surface area contributed by atoms with Gasteiger partial charge in [-0.15, -0.1) is 11.3 Å². The number of carbonyl (C=O) groups is 1. The van der Waals surface area contributed by atoms with Crippen LogP contribution in [0.4, 0.5) is 0 Å². The maximum absolute atomic E-state index is 11.0. The first-order valence-corrected chi connectivity index (χ1v) is 5.49. The second-order valence-corrected chi connectivity index (χ2v) is 4.44. The van der Waals surface area contributed by atoms with E-state index < -0.39 is 0 Å². The zero-order valence-corrected chi connectivity index (χ0v) is 9.04. The number of fused-ring (bicyclic) bond motifs is 1. The van der Waals surface area contributed by atoms with Crippen molar-refractivity contribution in [2.24, 2.45) is 0 Å². The summed E-state index contributed by atoms with van der Waals surface area (Å²) in [5, 5.41) is 0. The standard InChI is InChI=1S/C10H12N2OS/c1-3-7(2)10-8(5-13)12-6-11-4-9(12)14-10/h4-7H,3H2,1-2H3/t7-/m0/s1. The first kappa shape index (κ1) is 9.40. The van der Waals surface area contributed by atoms with E-state index in [1.807, 2.05) is 4.40 Å². The van der Waals surface area contributed by atoms with Crippen LogP contribution in [0.3, 0.4) is 0 Å². The van der Waals surface area contributed by atoms with Crippen LogP contribution in [-0.4, -0.2) is 15.7 Å². The molecule has 0 saturated carbocycles. The fourth-order valence-corrected chi connectivity index (χ4v) is 2.68. The molecule has 3 nitrogen and oxygen atoms in total. The molecular formula is C10H12N2OS. The summed E-state index contributed by atoms with van der Waals surface area (Å²) < 4.78 is 1.86. The largest absolute Gasteiger partial charge is 0.296 e. The van der Waals surface area contributed by atoms with Crippen molar-refractivity contribution >= 4 is 22.5 Å². The van der Waals surface area contributed by atoms with Crippen LogP contribution in [0.2, 0.25) is 0 Å². The third-order valence-corrected chi connectivity index (χ3v) is 3.85. The monoisotopic (exact) mass is 208 g/mol. The molecule has 14 heavy (non-hydrogen) atoms. The molecule has 2 aromatic rings. The molecule has 2 heterocycles. The molecule has 0 unspecified atom stereocenters. The van der Waals surface area contributed by atoms with Gasteiger partial charge in [-0.2, -0.15) is 0 Å². The van der Waals surface area contributed by atoms with Gasteiger partial charge in [-0.25, -0.2) is 4.98 Å². The summed E-state index contributed by atoms with van der Waals surface area (Å²) in [5.74, 6) is 0.445. The van der Waals surface area contributed by atoms with Crippen LogP contribution >= 0.6 is 11.3 Å². The Kier molecular flexibility index (Phi) is 2.37. The minimum atomic E-state index is 0.445. The molecule has 0 aliphatic rings. The molecule has 0 aliphatic carbocycles. The Bertz CT molecular complexity index is 458. The van der Waals surface area contributed by atoms with E-state index >= 15 is 0 Å². The van der Waals surface area contributed by atoms with E-state index in [0.29, 0.717) is 5.92 Å². The Morgan fingerprint density at radius 1 is 1.71 bits per heavy atom. The highest BCUT2D eigenvalue weighted by Crippen LogP contribution is 2.30. The highest BCUT2D eigenvalue weighted by Gasteiger charge is 2.15. The Morgan fingerprint density at radius 3 is 3.14 bits per heavy atom. The molecule has 1 atom stereocenters. The number of hydrogen-bond acceptors (Lipinski definition) is 3. The number of imidazole rings is 1. The average Bonchev–Trinajstić information content (AvgIpc) is 2.74. The van der Waals surface area contributed by atoms with Gasteiger partial charge in [0.2, 0.25) is 0 Å². The molecular weight excluding hydrogens is 196 g/mol. The van der Waals surface area contributed by atoms with Gasteiger partial charge in [-0.1, -0.05) is 13.8 Å². The lowest BCUT2D eigenvalue weighted by molar-refractivity contribution is 0.111. The van der Waals surface area contributed by atoms with Crippen LogP contribution in [0, 0.1) is 0 Å². The normalized spacial score (nSPS) is 13.3. The molecule has 0 bridgehead atoms. The zero-order valence-electron chi connectivity index (χ0n) is 8.23. The third kappa shape index (κ3) is 1.26. The number of aromatic nitrogens is 2. The Hall–Kier alpha value is -1.16. The molecule has 0 radical (unpaired) electrons. The second-order valence-electron chi connectivity index (χ2n) is 3.38. The molecule has 4 heteroatoms. The van der Waals surface area contributed by atoms with Crippen LogP contribution in [-0.2, 0) is 0 Å². The average molecular weight is 208 g/mol. The van der Waals surface area contributed by atoms with E-state index in [-0.39, 0.29) is 0 Å². The van der Waals surface area contributed by atoms with E-state index in [9.17, 15) is 4.79 Å². The molecule has 74 valence electrons. The molecule has 0 amide bonds. The predicted molar refractivity (Wildman–Crippen MR) is 57.2 cm³/mol. The van der Waals surface area contributed by atoms with Crippen LogP contribution in [0.5, 0.6) is 0 Å². The SMILES string of the molecule is CC[C@H](C)c1sc2cncn2c1C=O. The lowest BCUT2D eigenvalue weighted by atomic mass is 10.1. The topological polar surface area (TPSA) is 34.4 Å². The lowest BCUT2D eigenvalue weighted by Gasteiger charge is -2.05. The van der Waals surface area contributed by atoms with Gasteiger partial charge in [-0.05, 0) is 12.3 Å². The summed E-state index contributed by atoms with van der Waals surface area (Å²) in [6.45, 7) is 4.28. The van der Waals surface area contributed by atoms with Gasteiger partial charge in [0.05, 0.1) is 6.20 Å². The first-order valence-electron chi connectivity index (χ1n) is 4.67. The summed E-state index contributed by atoms with van der Waals surface area (Å²) in [4.78, 5) is 17.2. The van der Waals surface area contributed by atoms with Gasteiger partial charge in [0.15, 0.2) is 6.29 Å². The van der Waals surface area contributed by atoms with Gasteiger partial charge >= 0.3 is 0 Å². The maximum Gasteiger partial charge on any atom is 0.168 e. The van der Waals surface area contributed by atoms with Gasteiger partial charge in [0.25, 0.3) is 0 Å². The molecule has 0 aliphatic heterocycles. The van der Waals surface area contributed by atoms with Gasteiger partial charge in [0.1, 0.15) is 16.9 Å². The first-order chi connectivity index (χ1) is 6.77. The summed E-state index contributed by atoms with van der Waals surface area (Å²) in [7, 11) is 0. The minimum Gasteiger partial charge on any atom is -0.296 e. The number of thiazole rings is 1. The van der Waals surface area contributed by atoms with Crippen molar-refractivity contribution in [3.63, 3.8) is 0 Å². The van der Waals surface area contributed by atoms with Gasteiger partial charge in [0, 0.05) is 4.88 Å². The molecule has 0 fully saturated rings. The predicted octanol–water partition coefficient (Wildman–Crippen LogP) is 2.72. The summed E-state index contributed by atoms with van der Waals surface area (Å²) in [6, 6.07) is 0. The third-order valence-electron chi connectivity index (χ3n) is 2.50. The molecule has 0 saturated heterocycles. The number of carbonyl (C=O) groups excluding carboxylic acids is 1. The summed E-state index contributed by atoms with van der Waals surface area (Å²) in [6.07, 6.45) is 5.47. The van der Waals surface area contributed by atoms with Crippen LogP contribution in [0.15, 0.2) is 12.5 Å². The summed E-state index contributed by atoms with van der Waals surface area (Å²) >= 11 is 1.66. The van der Waals surface area contributed by atoms with E-state index in [0.717, 1.165) is 23.2 Å². The maximum atomic E-state index is 11.0. The molecule has 2 aromatic heterocycles. The van der Waals surface area contributed by atoms with Crippen LogP contribution in [0.1, 0.15) is 41.6 Å². The molecule has 0 aromatic carbocycles. The van der Waals surface area contributed by atoms with Crippen molar-refractivity contribution in [3.8, 4) is 0 Å². The van der Waals surface area contributed by atoms with Crippen molar-refractivity contribution in [1.82, 2.24) is 9.38 Å². The van der Waals surface area contributed by atoms with Gasteiger partial charge < -0.3 is 0 Å². The van der Waals surface area contributed by atoms with E-state index in [2.05, 4.69) is 18.8 Å². The number of nitrogens with zero attached hydrogens (tertiary/aromatic N) is 2. The van der Waals surface area contributed by atoms with Crippen LogP contribution < -0.4 is 0 Å². The zero-order chi connectivity index (χ0) is 10.1. The fraction of sp³-hybridized carbons (Fsp3) is 0.400. The molecule has 2 rings (SSSR count). The Morgan fingerprint density at radius 2 is 2.50 bits per heavy atom. The lowest BCUT2D eigenvalue weighted by Crippen LogP contribution is -1.96. The second kappa shape index (κ2) is 3.53. The van der Waals surface area contributed by atoms with Crippen molar-refractivity contribution in [2.75, 3.05) is 0 Å². The van der Waals surface area contributed by atoms with Gasteiger partial charge in [-0.3, -0.25) is 9.20 Å². The molecule has 0 spiro atoms. The summed E-state index contributed by atoms with van der Waals surface area (Å²) in [5.41, 5.74) is 0.761. The van der Waals surface area contributed by atoms with E-state index in [4.69, 9.17) is 0 Å². The quantitative estimate of drug-likeness (QED) is 0.727. The van der Waals surface area contributed by atoms with Crippen molar-refractivity contribution in [1.29, 1.82) is 0 Å². The van der Waals surface area contributed by atoms with Crippen molar-refractivity contribution in [3.05, 3.63) is 23.1 Å². The van der Waals surface area contributed by atoms with Crippen molar-refractivity contribution < 1.29 is 4.79 Å². The highest BCUT2D eigenvalue weighted by atomic mass is 32.1. The molecule has 0 N–H and O–H groups in total. The van der Waals surface area contributed by atoms with Crippen LogP contribution in [0.25, 0.3) is 4.83 Å². The number of aldehydes is 1. The smallest absolute Gasteiger partial charge is 0.168 e. The van der Waals surface area contributed by atoms with E-state index in [1.165, 1.54) is 4.88 Å². The highest BCUT2D eigenvalue weighted by molar-refractivity contribution is 7.17. The Labute approximate surface area is 86.4 Å². The number of rotatable bonds is 3.